The number of hydrogen-bond acceptors (Lipinski definition) is 5. The molecular formula is C14H20ClN3O3S. The molecule has 1 fully saturated rings. The predicted octanol–water partition coefficient (Wildman–Crippen LogP) is 2.64. The molecule has 0 saturated carbocycles. The van der Waals surface area contributed by atoms with Crippen LogP contribution in [0.4, 0.5) is 4.79 Å². The Balaban J connectivity index is 2.04. The van der Waals surface area contributed by atoms with Crippen molar-refractivity contribution in [2.45, 2.75) is 49.5 Å². The average molecular weight is 346 g/mol. The molecule has 1 aliphatic rings. The van der Waals surface area contributed by atoms with E-state index < -0.39 is 16.4 Å². The fourth-order valence-corrected chi connectivity index (χ4v) is 3.81. The Morgan fingerprint density at radius 1 is 1.50 bits per heavy atom. The summed E-state index contributed by atoms with van der Waals surface area (Å²) in [5.74, 6) is 0. The highest BCUT2D eigenvalue weighted by molar-refractivity contribution is 7.85. The second kappa shape index (κ2) is 6.91. The molecule has 1 aromatic rings. The summed E-state index contributed by atoms with van der Waals surface area (Å²) in [5, 5.41) is 0.300. The smallest absolute Gasteiger partial charge is 0.410 e. The number of likely N-dealkylation sites (tertiary alicyclic amines) is 1. The molecule has 1 aromatic heterocycles. The number of nitrogens with zero attached hydrogens (tertiary/aromatic N) is 3. The van der Waals surface area contributed by atoms with Gasteiger partial charge in [-0.15, -0.1) is 0 Å². The van der Waals surface area contributed by atoms with E-state index in [2.05, 4.69) is 9.97 Å². The number of halogens is 1. The topological polar surface area (TPSA) is 72.4 Å². The van der Waals surface area contributed by atoms with Gasteiger partial charge in [0.2, 0.25) is 5.28 Å². The maximum Gasteiger partial charge on any atom is 0.410 e. The molecule has 1 aliphatic heterocycles. The highest BCUT2D eigenvalue weighted by Crippen LogP contribution is 2.21. The number of carbonyl (C=O) groups excluding carboxylic acids is 1. The summed E-state index contributed by atoms with van der Waals surface area (Å²) in [6, 6.07) is 1.59. The largest absolute Gasteiger partial charge is 0.444 e. The van der Waals surface area contributed by atoms with E-state index in [-0.39, 0.29) is 16.6 Å². The van der Waals surface area contributed by atoms with Gasteiger partial charge in [0, 0.05) is 19.3 Å². The van der Waals surface area contributed by atoms with Crippen molar-refractivity contribution in [1.29, 1.82) is 0 Å². The first-order valence-corrected chi connectivity index (χ1v) is 8.72. The molecule has 0 aromatic carbocycles. The van der Waals surface area contributed by atoms with Gasteiger partial charge in [-0.3, -0.25) is 4.21 Å². The zero-order chi connectivity index (χ0) is 16.3. The van der Waals surface area contributed by atoms with Crippen LogP contribution < -0.4 is 0 Å². The molecule has 1 saturated heterocycles. The molecule has 2 heterocycles. The first-order valence-electron chi connectivity index (χ1n) is 7.13. The predicted molar refractivity (Wildman–Crippen MR) is 84.3 cm³/mol. The van der Waals surface area contributed by atoms with Gasteiger partial charge in [-0.2, -0.15) is 0 Å². The number of rotatable bonds is 2. The van der Waals surface area contributed by atoms with Crippen LogP contribution in [0, 0.1) is 0 Å². The van der Waals surface area contributed by atoms with Gasteiger partial charge in [-0.25, -0.2) is 14.8 Å². The van der Waals surface area contributed by atoms with E-state index in [1.807, 2.05) is 20.8 Å². The van der Waals surface area contributed by atoms with Crippen LogP contribution in [0.2, 0.25) is 5.28 Å². The first-order chi connectivity index (χ1) is 10.3. The van der Waals surface area contributed by atoms with Gasteiger partial charge < -0.3 is 9.64 Å². The van der Waals surface area contributed by atoms with Crippen LogP contribution in [0.15, 0.2) is 17.3 Å². The average Bonchev–Trinajstić information content (AvgIpc) is 2.45. The fraction of sp³-hybridized carbons (Fsp3) is 0.643. The van der Waals surface area contributed by atoms with E-state index >= 15 is 0 Å². The molecule has 22 heavy (non-hydrogen) atoms. The summed E-state index contributed by atoms with van der Waals surface area (Å²) in [7, 11) is -1.33. The number of piperidine rings is 1. The van der Waals surface area contributed by atoms with Crippen LogP contribution in [0.5, 0.6) is 0 Å². The van der Waals surface area contributed by atoms with Gasteiger partial charge in [0.05, 0.1) is 16.0 Å². The minimum absolute atomic E-state index is 0.0747. The van der Waals surface area contributed by atoms with E-state index in [0.717, 1.165) is 12.8 Å². The van der Waals surface area contributed by atoms with E-state index in [1.54, 1.807) is 11.0 Å². The van der Waals surface area contributed by atoms with E-state index in [9.17, 15) is 9.00 Å². The van der Waals surface area contributed by atoms with Crippen LogP contribution in [0.25, 0.3) is 0 Å². The maximum absolute atomic E-state index is 12.6. The monoisotopic (exact) mass is 345 g/mol. The lowest BCUT2D eigenvalue weighted by Gasteiger charge is -2.33. The molecule has 2 rings (SSSR count). The molecule has 2 atom stereocenters. The summed E-state index contributed by atoms with van der Waals surface area (Å²) >= 11 is 5.74. The third kappa shape index (κ3) is 4.64. The van der Waals surface area contributed by atoms with E-state index in [4.69, 9.17) is 16.3 Å². The van der Waals surface area contributed by atoms with Crippen molar-refractivity contribution in [3.05, 3.63) is 17.5 Å². The minimum atomic E-state index is -1.33. The minimum Gasteiger partial charge on any atom is -0.444 e. The third-order valence-electron chi connectivity index (χ3n) is 3.14. The molecular weight excluding hydrogens is 326 g/mol. The molecule has 122 valence electrons. The van der Waals surface area contributed by atoms with Crippen LogP contribution in [-0.2, 0) is 15.5 Å². The Morgan fingerprint density at radius 2 is 2.23 bits per heavy atom. The maximum atomic E-state index is 12.6. The number of ether oxygens (including phenoxy) is 1. The van der Waals surface area contributed by atoms with Crippen molar-refractivity contribution in [3.8, 4) is 0 Å². The van der Waals surface area contributed by atoms with E-state index in [0.29, 0.717) is 18.1 Å². The van der Waals surface area contributed by atoms with Gasteiger partial charge >= 0.3 is 6.09 Å². The Hall–Kier alpha value is -1.21. The van der Waals surface area contributed by atoms with Gasteiger partial charge in [-0.05, 0) is 51.3 Å². The zero-order valence-corrected chi connectivity index (χ0v) is 14.5. The second-order valence-corrected chi connectivity index (χ2v) is 8.17. The van der Waals surface area contributed by atoms with Crippen LogP contribution in [-0.4, -0.2) is 49.1 Å². The van der Waals surface area contributed by atoms with Gasteiger partial charge in [0.1, 0.15) is 10.6 Å². The van der Waals surface area contributed by atoms with Gasteiger partial charge in [-0.1, -0.05) is 0 Å². The molecule has 8 heteroatoms. The highest BCUT2D eigenvalue weighted by Gasteiger charge is 2.31. The Labute approximate surface area is 137 Å². The molecule has 0 radical (unpaired) electrons. The molecule has 0 N–H and O–H groups in total. The van der Waals surface area contributed by atoms with Gasteiger partial charge in [0.15, 0.2) is 0 Å². The van der Waals surface area contributed by atoms with Crippen LogP contribution in [0.3, 0.4) is 0 Å². The summed E-state index contributed by atoms with van der Waals surface area (Å²) in [6.07, 6.45) is 2.67. The number of aromatic nitrogens is 2. The Kier molecular flexibility index (Phi) is 5.39. The summed E-state index contributed by atoms with van der Waals surface area (Å²) in [5.41, 5.74) is -0.538. The van der Waals surface area contributed by atoms with Crippen molar-refractivity contribution in [1.82, 2.24) is 14.9 Å². The van der Waals surface area contributed by atoms with Gasteiger partial charge in [0.25, 0.3) is 0 Å². The number of hydrogen-bond donors (Lipinski definition) is 0. The molecule has 0 bridgehead atoms. The Bertz CT molecular complexity index is 577. The standard InChI is InChI=1S/C14H20ClN3O3S/c1-14(2,3)21-13(19)18-8-4-5-10(9-18)22(20)11-6-7-16-12(15)17-11/h6-7,10H,4-5,8-9H2,1-3H3/t10-,22-/m0/s1. The van der Waals surface area contributed by atoms with Crippen molar-refractivity contribution in [3.63, 3.8) is 0 Å². The second-order valence-electron chi connectivity index (χ2n) is 6.15. The summed E-state index contributed by atoms with van der Waals surface area (Å²) in [4.78, 5) is 21.5. The molecule has 0 unspecified atom stereocenters. The van der Waals surface area contributed by atoms with Crippen molar-refractivity contribution < 1.29 is 13.7 Å². The zero-order valence-electron chi connectivity index (χ0n) is 12.9. The lowest BCUT2D eigenvalue weighted by molar-refractivity contribution is 0.0219. The van der Waals surface area contributed by atoms with E-state index in [1.165, 1.54) is 6.20 Å². The summed E-state index contributed by atoms with van der Waals surface area (Å²) < 4.78 is 18.0. The van der Waals surface area contributed by atoms with Crippen molar-refractivity contribution in [2.24, 2.45) is 0 Å². The molecule has 0 aliphatic carbocycles. The van der Waals surface area contributed by atoms with Crippen molar-refractivity contribution in [2.75, 3.05) is 13.1 Å². The van der Waals surface area contributed by atoms with Crippen LogP contribution >= 0.6 is 11.6 Å². The van der Waals surface area contributed by atoms with Crippen molar-refractivity contribution >= 4 is 28.5 Å². The molecule has 0 spiro atoms. The lowest BCUT2D eigenvalue weighted by atomic mass is 10.1. The summed E-state index contributed by atoms with van der Waals surface area (Å²) in [6.45, 7) is 6.49. The number of amides is 1. The fourth-order valence-electron chi connectivity index (χ4n) is 2.21. The highest BCUT2D eigenvalue weighted by atomic mass is 35.5. The lowest BCUT2D eigenvalue weighted by Crippen LogP contribution is -2.45. The Morgan fingerprint density at radius 3 is 2.86 bits per heavy atom. The molecule has 6 nitrogen and oxygen atoms in total. The number of carbonyl (C=O) groups is 1. The SMILES string of the molecule is CC(C)(C)OC(=O)N1CCC[C@H]([S@](=O)c2ccnc(Cl)n2)C1. The first kappa shape index (κ1) is 17.1. The third-order valence-corrected chi connectivity index (χ3v) is 4.95. The molecule has 1 amide bonds. The normalized spacial score (nSPS) is 20.5. The quantitative estimate of drug-likeness (QED) is 0.608. The van der Waals surface area contributed by atoms with Crippen LogP contribution in [0.1, 0.15) is 33.6 Å².